The summed E-state index contributed by atoms with van der Waals surface area (Å²) in [4.78, 5) is 0.241. The van der Waals surface area contributed by atoms with E-state index in [0.29, 0.717) is 11.4 Å². The lowest BCUT2D eigenvalue weighted by Crippen LogP contribution is -2.15. The third-order valence-electron chi connectivity index (χ3n) is 2.44. The zero-order valence-corrected chi connectivity index (χ0v) is 11.5. The van der Waals surface area contributed by atoms with Crippen LogP contribution in [0.2, 0.25) is 5.02 Å². The van der Waals surface area contributed by atoms with Crippen LogP contribution in [0.4, 0.5) is 0 Å². The molecule has 0 unspecified atom stereocenters. The van der Waals surface area contributed by atoms with Crippen LogP contribution in [0.25, 0.3) is 0 Å². The number of unbranched alkanes of at least 4 members (excludes halogenated alkanes) is 1. The molecule has 3 nitrogen and oxygen atoms in total. The van der Waals surface area contributed by atoms with Gasteiger partial charge in [0.2, 0.25) is 0 Å². The minimum Gasteiger partial charge on any atom is -0.317 e. The fourth-order valence-electron chi connectivity index (χ4n) is 1.53. The van der Waals surface area contributed by atoms with Gasteiger partial charge in [-0.05, 0) is 38.1 Å². The molecule has 0 saturated carbocycles. The van der Waals surface area contributed by atoms with Crippen molar-refractivity contribution in [1.29, 1.82) is 0 Å². The van der Waals surface area contributed by atoms with Gasteiger partial charge >= 0.3 is 0 Å². The lowest BCUT2D eigenvalue weighted by Gasteiger charge is -2.06. The van der Waals surface area contributed by atoms with Crippen LogP contribution in [0.5, 0.6) is 0 Å². The molecule has 0 aliphatic heterocycles. The Bertz CT molecular complexity index is 446. The van der Waals surface area contributed by atoms with Crippen molar-refractivity contribution in [3.05, 3.63) is 29.3 Å². The molecular formula is C12H18ClNO2S. The Kier molecular flexibility index (Phi) is 5.95. The Hall–Kier alpha value is -0.580. The van der Waals surface area contributed by atoms with Crippen molar-refractivity contribution in [2.75, 3.05) is 18.8 Å². The highest BCUT2D eigenvalue weighted by Crippen LogP contribution is 2.22. The van der Waals surface area contributed by atoms with E-state index in [1.54, 1.807) is 24.3 Å². The Labute approximate surface area is 108 Å². The van der Waals surface area contributed by atoms with Gasteiger partial charge in [0.25, 0.3) is 0 Å². The minimum atomic E-state index is -3.24. The summed E-state index contributed by atoms with van der Waals surface area (Å²) in [5.74, 6) is 0.155. The van der Waals surface area contributed by atoms with Crippen molar-refractivity contribution in [3.63, 3.8) is 0 Å². The smallest absolute Gasteiger partial charge is 0.179 e. The largest absolute Gasteiger partial charge is 0.317 e. The van der Waals surface area contributed by atoms with E-state index >= 15 is 0 Å². The first-order valence-corrected chi connectivity index (χ1v) is 7.79. The first-order chi connectivity index (χ1) is 8.08. The van der Waals surface area contributed by atoms with Gasteiger partial charge in [0.15, 0.2) is 9.84 Å². The molecule has 0 amide bonds. The molecule has 1 aromatic carbocycles. The number of nitrogens with one attached hydrogen (secondary N) is 1. The molecule has 0 radical (unpaired) electrons. The Balaban J connectivity index is 2.55. The monoisotopic (exact) mass is 275 g/mol. The number of rotatable bonds is 7. The zero-order valence-electron chi connectivity index (χ0n) is 9.95. The van der Waals surface area contributed by atoms with E-state index in [1.165, 1.54) is 0 Å². The maximum Gasteiger partial charge on any atom is 0.179 e. The second-order valence-electron chi connectivity index (χ2n) is 3.81. The first-order valence-electron chi connectivity index (χ1n) is 5.76. The lowest BCUT2D eigenvalue weighted by atomic mass is 10.3. The van der Waals surface area contributed by atoms with Crippen LogP contribution < -0.4 is 5.32 Å². The third-order valence-corrected chi connectivity index (χ3v) is 4.73. The van der Waals surface area contributed by atoms with Crippen molar-refractivity contribution in [2.45, 2.75) is 24.7 Å². The van der Waals surface area contributed by atoms with Gasteiger partial charge in [0, 0.05) is 0 Å². The summed E-state index contributed by atoms with van der Waals surface area (Å²) in [5, 5.41) is 3.47. The number of hydrogen-bond donors (Lipinski definition) is 1. The normalized spacial score (nSPS) is 11.6. The van der Waals surface area contributed by atoms with Crippen LogP contribution in [0.3, 0.4) is 0 Å². The van der Waals surface area contributed by atoms with Crippen molar-refractivity contribution < 1.29 is 8.42 Å². The second-order valence-corrected chi connectivity index (χ2v) is 6.29. The fourth-order valence-corrected chi connectivity index (χ4v) is 3.47. The molecule has 0 saturated heterocycles. The van der Waals surface area contributed by atoms with Crippen molar-refractivity contribution >= 4 is 21.4 Å². The summed E-state index contributed by atoms with van der Waals surface area (Å²) in [6.45, 7) is 3.80. The topological polar surface area (TPSA) is 46.2 Å². The highest BCUT2D eigenvalue weighted by Gasteiger charge is 2.16. The van der Waals surface area contributed by atoms with Crippen LogP contribution in [-0.4, -0.2) is 27.3 Å². The van der Waals surface area contributed by atoms with E-state index in [-0.39, 0.29) is 10.6 Å². The molecular weight excluding hydrogens is 258 g/mol. The van der Waals surface area contributed by atoms with E-state index < -0.39 is 9.84 Å². The SMILES string of the molecule is CCNCCCCS(=O)(=O)c1ccccc1Cl. The van der Waals surface area contributed by atoms with Crippen molar-refractivity contribution in [1.82, 2.24) is 5.32 Å². The number of hydrogen-bond acceptors (Lipinski definition) is 3. The lowest BCUT2D eigenvalue weighted by molar-refractivity contribution is 0.588. The van der Waals surface area contributed by atoms with Crippen LogP contribution in [-0.2, 0) is 9.84 Å². The quantitative estimate of drug-likeness (QED) is 0.778. The van der Waals surface area contributed by atoms with Gasteiger partial charge < -0.3 is 5.32 Å². The molecule has 17 heavy (non-hydrogen) atoms. The number of benzene rings is 1. The van der Waals surface area contributed by atoms with Gasteiger partial charge in [-0.3, -0.25) is 0 Å². The molecule has 0 atom stereocenters. The predicted octanol–water partition coefficient (Wildman–Crippen LogP) is 2.50. The van der Waals surface area contributed by atoms with Gasteiger partial charge in [0.05, 0.1) is 15.7 Å². The maximum atomic E-state index is 12.0. The molecule has 0 aliphatic carbocycles. The standard InChI is InChI=1S/C12H18ClNO2S/c1-2-14-9-5-6-10-17(15,16)12-8-4-3-7-11(12)13/h3-4,7-8,14H,2,5-6,9-10H2,1H3. The van der Waals surface area contributed by atoms with Gasteiger partial charge in [0.1, 0.15) is 0 Å². The van der Waals surface area contributed by atoms with E-state index in [0.717, 1.165) is 19.5 Å². The van der Waals surface area contributed by atoms with Crippen LogP contribution in [0, 0.1) is 0 Å². The van der Waals surface area contributed by atoms with Gasteiger partial charge in [-0.2, -0.15) is 0 Å². The van der Waals surface area contributed by atoms with Crippen LogP contribution in [0.1, 0.15) is 19.8 Å². The van der Waals surface area contributed by atoms with Gasteiger partial charge in [-0.25, -0.2) is 8.42 Å². The van der Waals surface area contributed by atoms with E-state index in [9.17, 15) is 8.42 Å². The molecule has 0 bridgehead atoms. The molecule has 96 valence electrons. The fraction of sp³-hybridized carbons (Fsp3) is 0.500. The van der Waals surface area contributed by atoms with Crippen molar-refractivity contribution in [3.8, 4) is 0 Å². The Morgan fingerprint density at radius 2 is 1.94 bits per heavy atom. The predicted molar refractivity (Wildman–Crippen MR) is 71.3 cm³/mol. The number of halogens is 1. The summed E-state index contributed by atoms with van der Waals surface area (Å²) < 4.78 is 24.0. The summed E-state index contributed by atoms with van der Waals surface area (Å²) in [5.41, 5.74) is 0. The molecule has 0 aromatic heterocycles. The minimum absolute atomic E-state index is 0.155. The summed E-state index contributed by atoms with van der Waals surface area (Å²) in [6.07, 6.45) is 1.51. The highest BCUT2D eigenvalue weighted by atomic mass is 35.5. The molecule has 1 rings (SSSR count). The molecule has 0 fully saturated rings. The van der Waals surface area contributed by atoms with Gasteiger partial charge in [-0.1, -0.05) is 30.7 Å². The van der Waals surface area contributed by atoms with Crippen molar-refractivity contribution in [2.24, 2.45) is 0 Å². The van der Waals surface area contributed by atoms with Crippen LogP contribution >= 0.6 is 11.6 Å². The summed E-state index contributed by atoms with van der Waals surface area (Å²) in [6, 6.07) is 6.58. The van der Waals surface area contributed by atoms with E-state index in [1.807, 2.05) is 6.92 Å². The maximum absolute atomic E-state index is 12.0. The number of sulfone groups is 1. The summed E-state index contributed by atoms with van der Waals surface area (Å²) in [7, 11) is -3.24. The van der Waals surface area contributed by atoms with E-state index in [2.05, 4.69) is 5.32 Å². The average Bonchev–Trinajstić information content (AvgIpc) is 2.29. The molecule has 0 spiro atoms. The molecule has 0 aliphatic rings. The molecule has 5 heteroatoms. The molecule has 1 aromatic rings. The molecule has 0 heterocycles. The Morgan fingerprint density at radius 3 is 2.59 bits per heavy atom. The zero-order chi connectivity index (χ0) is 12.7. The third kappa shape index (κ3) is 4.66. The summed E-state index contributed by atoms with van der Waals surface area (Å²) >= 11 is 5.88. The van der Waals surface area contributed by atoms with Gasteiger partial charge in [-0.15, -0.1) is 0 Å². The van der Waals surface area contributed by atoms with Crippen LogP contribution in [0.15, 0.2) is 29.2 Å². The first kappa shape index (κ1) is 14.5. The second kappa shape index (κ2) is 6.99. The Morgan fingerprint density at radius 1 is 1.24 bits per heavy atom. The highest BCUT2D eigenvalue weighted by molar-refractivity contribution is 7.91. The average molecular weight is 276 g/mol. The molecule has 1 N–H and O–H groups in total. The van der Waals surface area contributed by atoms with E-state index in [4.69, 9.17) is 11.6 Å².